The highest BCUT2D eigenvalue weighted by Gasteiger charge is 2.04. The zero-order valence-electron chi connectivity index (χ0n) is 11.0. The first kappa shape index (κ1) is 15.8. The van der Waals surface area contributed by atoms with Crippen molar-refractivity contribution in [1.82, 2.24) is 5.32 Å². The summed E-state index contributed by atoms with van der Waals surface area (Å²) in [5.74, 6) is -0.516. The number of nitrogens with one attached hydrogen (secondary N) is 2. The number of amides is 2. The zero-order chi connectivity index (χ0) is 15.2. The molecule has 6 heteroatoms. The van der Waals surface area contributed by atoms with E-state index in [2.05, 4.69) is 26.6 Å². The molecule has 2 amide bonds. The quantitative estimate of drug-likeness (QED) is 0.810. The van der Waals surface area contributed by atoms with Gasteiger partial charge in [0.05, 0.1) is 5.02 Å². The molecule has 0 aliphatic rings. The van der Waals surface area contributed by atoms with E-state index in [0.29, 0.717) is 12.2 Å². The summed E-state index contributed by atoms with van der Waals surface area (Å²) >= 11 is 9.04. The van der Waals surface area contributed by atoms with Gasteiger partial charge in [0.2, 0.25) is 0 Å². The Morgan fingerprint density at radius 1 is 1.24 bits per heavy atom. The molecule has 0 saturated heterocycles. The minimum Gasteiger partial charge on any atom is -0.338 e. The number of hydrogen-bond donors (Lipinski definition) is 2. The lowest BCUT2D eigenvalue weighted by Crippen LogP contribution is -2.30. The molecule has 2 aromatic carbocycles. The monoisotopic (exact) mass is 370 g/mol. The number of urea groups is 1. The molecule has 21 heavy (non-hydrogen) atoms. The lowest BCUT2D eigenvalue weighted by molar-refractivity contribution is 0.252. The fourth-order valence-corrected chi connectivity index (χ4v) is 2.39. The van der Waals surface area contributed by atoms with Gasteiger partial charge in [0.25, 0.3) is 0 Å². The second-order valence-electron chi connectivity index (χ2n) is 4.39. The molecule has 0 aliphatic carbocycles. The second kappa shape index (κ2) is 7.43. The third kappa shape index (κ3) is 5.02. The highest BCUT2D eigenvalue weighted by atomic mass is 79.9. The Balaban J connectivity index is 1.81. The molecule has 2 rings (SSSR count). The summed E-state index contributed by atoms with van der Waals surface area (Å²) in [6.45, 7) is 0.497. The molecule has 0 saturated carbocycles. The maximum absolute atomic E-state index is 13.0. The average Bonchev–Trinajstić information content (AvgIpc) is 2.43. The minimum atomic E-state index is -0.516. The van der Waals surface area contributed by atoms with Crippen molar-refractivity contribution in [2.24, 2.45) is 0 Å². The van der Waals surface area contributed by atoms with Gasteiger partial charge < -0.3 is 10.6 Å². The molecular formula is C15H13BrClFN2O. The van der Waals surface area contributed by atoms with Gasteiger partial charge in [-0.15, -0.1) is 0 Å². The van der Waals surface area contributed by atoms with Crippen LogP contribution in [-0.4, -0.2) is 12.6 Å². The molecule has 2 aromatic rings. The van der Waals surface area contributed by atoms with Gasteiger partial charge in [0.1, 0.15) is 5.82 Å². The fraction of sp³-hybridized carbons (Fsp3) is 0.133. The Morgan fingerprint density at radius 2 is 2.05 bits per heavy atom. The van der Waals surface area contributed by atoms with Gasteiger partial charge >= 0.3 is 6.03 Å². The van der Waals surface area contributed by atoms with Crippen molar-refractivity contribution in [3.05, 3.63) is 63.3 Å². The van der Waals surface area contributed by atoms with Gasteiger partial charge in [-0.1, -0.05) is 39.7 Å². The van der Waals surface area contributed by atoms with Crippen molar-refractivity contribution in [2.45, 2.75) is 6.42 Å². The molecule has 0 aliphatic heterocycles. The molecule has 0 bridgehead atoms. The summed E-state index contributed by atoms with van der Waals surface area (Å²) in [6, 6.07) is 11.6. The first-order valence-corrected chi connectivity index (χ1v) is 7.46. The van der Waals surface area contributed by atoms with Gasteiger partial charge in [0, 0.05) is 16.7 Å². The Bertz CT molecular complexity index is 651. The van der Waals surface area contributed by atoms with Gasteiger partial charge in [-0.25, -0.2) is 9.18 Å². The third-order valence-corrected chi connectivity index (χ3v) is 3.55. The van der Waals surface area contributed by atoms with Crippen molar-refractivity contribution in [3.8, 4) is 0 Å². The van der Waals surface area contributed by atoms with Crippen molar-refractivity contribution in [1.29, 1.82) is 0 Å². The molecule has 2 N–H and O–H groups in total. The molecule has 0 radical (unpaired) electrons. The maximum Gasteiger partial charge on any atom is 0.319 e. The molecule has 3 nitrogen and oxygen atoms in total. The summed E-state index contributed by atoms with van der Waals surface area (Å²) in [6.07, 6.45) is 0.719. The van der Waals surface area contributed by atoms with Crippen LogP contribution in [0.4, 0.5) is 14.9 Å². The molecule has 0 aromatic heterocycles. The second-order valence-corrected chi connectivity index (χ2v) is 5.71. The van der Waals surface area contributed by atoms with Crippen molar-refractivity contribution in [3.63, 3.8) is 0 Å². The van der Waals surface area contributed by atoms with E-state index in [1.807, 2.05) is 24.3 Å². The van der Waals surface area contributed by atoms with E-state index >= 15 is 0 Å². The normalized spacial score (nSPS) is 10.2. The number of benzene rings is 2. The molecule has 0 atom stereocenters. The van der Waals surface area contributed by atoms with Crippen LogP contribution in [0.5, 0.6) is 0 Å². The smallest absolute Gasteiger partial charge is 0.319 e. The van der Waals surface area contributed by atoms with Crippen LogP contribution >= 0.6 is 27.5 Å². The van der Waals surface area contributed by atoms with Crippen molar-refractivity contribution >= 4 is 39.2 Å². The van der Waals surface area contributed by atoms with Crippen LogP contribution in [-0.2, 0) is 6.42 Å². The average molecular weight is 372 g/mol. The van der Waals surface area contributed by atoms with E-state index in [1.54, 1.807) is 0 Å². The lowest BCUT2D eigenvalue weighted by Gasteiger charge is -2.08. The largest absolute Gasteiger partial charge is 0.338 e. The Morgan fingerprint density at radius 3 is 2.76 bits per heavy atom. The van der Waals surface area contributed by atoms with Crippen molar-refractivity contribution < 1.29 is 9.18 Å². The standard InChI is InChI=1S/C15H13BrClFN2O/c16-11-3-1-2-10(8-11)6-7-19-15(21)20-12-4-5-14(18)13(17)9-12/h1-5,8-9H,6-7H2,(H2,19,20,21). The third-order valence-electron chi connectivity index (χ3n) is 2.77. The summed E-state index contributed by atoms with van der Waals surface area (Å²) < 4.78 is 14.0. The predicted octanol–water partition coefficient (Wildman–Crippen LogP) is 4.61. The molecular weight excluding hydrogens is 359 g/mol. The van der Waals surface area contributed by atoms with Gasteiger partial charge in [0.15, 0.2) is 0 Å². The molecule has 0 spiro atoms. The van der Waals surface area contributed by atoms with Crippen LogP contribution in [0, 0.1) is 5.82 Å². The minimum absolute atomic E-state index is 0.0260. The first-order valence-electron chi connectivity index (χ1n) is 6.29. The maximum atomic E-state index is 13.0. The SMILES string of the molecule is O=C(NCCc1cccc(Br)c1)Nc1ccc(F)c(Cl)c1. The topological polar surface area (TPSA) is 41.1 Å². The molecule has 110 valence electrons. The number of rotatable bonds is 4. The first-order chi connectivity index (χ1) is 10.0. The van der Waals surface area contributed by atoms with E-state index in [9.17, 15) is 9.18 Å². The number of halogens is 3. The Labute approximate surface area is 135 Å². The van der Waals surface area contributed by atoms with Gasteiger partial charge in [-0.05, 0) is 42.3 Å². The van der Waals surface area contributed by atoms with E-state index in [0.717, 1.165) is 16.5 Å². The number of carbonyl (C=O) groups excluding carboxylic acids is 1. The molecule has 0 unspecified atom stereocenters. The van der Waals surface area contributed by atoms with Crippen LogP contribution in [0.3, 0.4) is 0 Å². The molecule has 0 heterocycles. The summed E-state index contributed by atoms with van der Waals surface area (Å²) in [5.41, 5.74) is 1.57. The number of carbonyl (C=O) groups is 1. The van der Waals surface area contributed by atoms with Crippen LogP contribution in [0.1, 0.15) is 5.56 Å². The van der Waals surface area contributed by atoms with Gasteiger partial charge in [-0.3, -0.25) is 0 Å². The Hall–Kier alpha value is -1.59. The van der Waals surface area contributed by atoms with E-state index in [1.165, 1.54) is 18.2 Å². The van der Waals surface area contributed by atoms with Gasteiger partial charge in [-0.2, -0.15) is 0 Å². The highest BCUT2D eigenvalue weighted by molar-refractivity contribution is 9.10. The van der Waals surface area contributed by atoms with Crippen molar-refractivity contribution in [2.75, 3.05) is 11.9 Å². The predicted molar refractivity (Wildman–Crippen MR) is 86.3 cm³/mol. The summed E-state index contributed by atoms with van der Waals surface area (Å²) in [5, 5.41) is 5.30. The van der Waals surface area contributed by atoms with E-state index < -0.39 is 5.82 Å². The summed E-state index contributed by atoms with van der Waals surface area (Å²) in [7, 11) is 0. The molecule has 0 fully saturated rings. The highest BCUT2D eigenvalue weighted by Crippen LogP contribution is 2.19. The number of anilines is 1. The van der Waals surface area contributed by atoms with Crippen LogP contribution in [0.25, 0.3) is 0 Å². The van der Waals surface area contributed by atoms with Crippen LogP contribution in [0.2, 0.25) is 5.02 Å². The fourth-order valence-electron chi connectivity index (χ4n) is 1.76. The zero-order valence-corrected chi connectivity index (χ0v) is 13.3. The van der Waals surface area contributed by atoms with E-state index in [-0.39, 0.29) is 11.1 Å². The van der Waals surface area contributed by atoms with Crippen LogP contribution in [0.15, 0.2) is 46.9 Å². The van der Waals surface area contributed by atoms with E-state index in [4.69, 9.17) is 11.6 Å². The lowest BCUT2D eigenvalue weighted by atomic mass is 10.1. The van der Waals surface area contributed by atoms with Crippen LogP contribution < -0.4 is 10.6 Å². The summed E-state index contributed by atoms with van der Waals surface area (Å²) in [4.78, 5) is 11.7. The Kier molecular flexibility index (Phi) is 5.59. The number of hydrogen-bond acceptors (Lipinski definition) is 1.